The van der Waals surface area contributed by atoms with Gasteiger partial charge in [-0.1, -0.05) is 11.8 Å². The fourth-order valence-corrected chi connectivity index (χ4v) is 1.08. The monoisotopic (exact) mass is 204 g/mol. The molecule has 0 radical (unpaired) electrons. The number of carbonyl (C=O) groups is 1. The van der Waals surface area contributed by atoms with E-state index in [2.05, 4.69) is 0 Å². The molecule has 0 amide bonds. The van der Waals surface area contributed by atoms with Gasteiger partial charge in [0.05, 0.1) is 0 Å². The second-order valence-electron chi connectivity index (χ2n) is 2.14. The van der Waals surface area contributed by atoms with Crippen molar-refractivity contribution in [2.75, 3.05) is 5.75 Å². The number of halogens is 4. The van der Waals surface area contributed by atoms with Crippen molar-refractivity contribution >= 4 is 16.9 Å². The van der Waals surface area contributed by atoms with Crippen LogP contribution in [0.5, 0.6) is 0 Å². The molecule has 0 saturated heterocycles. The molecular formula is C6H8F4OS. The molecule has 0 aliphatic heterocycles. The van der Waals surface area contributed by atoms with Gasteiger partial charge < -0.3 is 0 Å². The molecule has 12 heavy (non-hydrogen) atoms. The largest absolute Gasteiger partial charge is 0.419 e. The van der Waals surface area contributed by atoms with E-state index in [1.807, 2.05) is 0 Å². The third-order valence-electron chi connectivity index (χ3n) is 1.03. The molecule has 0 spiro atoms. The lowest BCUT2D eigenvalue weighted by Gasteiger charge is -2.10. The zero-order valence-corrected chi connectivity index (χ0v) is 7.14. The molecule has 0 fully saturated rings. The summed E-state index contributed by atoms with van der Waals surface area (Å²) in [6.45, 7) is 1.23. The number of rotatable bonds is 3. The predicted molar refractivity (Wildman–Crippen MR) is 38.7 cm³/mol. The number of alkyl halides is 4. The van der Waals surface area contributed by atoms with Crippen LogP contribution in [0, 0.1) is 0 Å². The molecule has 6 heteroatoms. The zero-order chi connectivity index (χ0) is 9.78. The summed E-state index contributed by atoms with van der Waals surface area (Å²) in [6.07, 6.45) is -8.27. The Morgan fingerprint density at radius 3 is 2.33 bits per heavy atom. The maximum absolute atomic E-state index is 12.1. The Labute approximate surface area is 71.5 Å². The number of hydrogen-bond acceptors (Lipinski definition) is 2. The molecule has 72 valence electrons. The summed E-state index contributed by atoms with van der Waals surface area (Å²) in [5.41, 5.74) is 0. The molecule has 0 aliphatic rings. The Morgan fingerprint density at radius 2 is 2.00 bits per heavy atom. The summed E-state index contributed by atoms with van der Waals surface area (Å²) in [5.74, 6) is -0.129. The first-order valence-electron chi connectivity index (χ1n) is 3.18. The van der Waals surface area contributed by atoms with Crippen molar-refractivity contribution < 1.29 is 22.4 Å². The molecule has 0 N–H and O–H groups in total. The highest BCUT2D eigenvalue weighted by Crippen LogP contribution is 2.26. The van der Waals surface area contributed by atoms with Crippen LogP contribution < -0.4 is 0 Å². The van der Waals surface area contributed by atoms with Gasteiger partial charge >= 0.3 is 6.18 Å². The molecule has 0 aromatic rings. The first kappa shape index (κ1) is 11.7. The van der Waals surface area contributed by atoms with Gasteiger partial charge in [-0.25, -0.2) is 4.39 Å². The van der Waals surface area contributed by atoms with Crippen LogP contribution >= 0.6 is 11.8 Å². The number of carbonyl (C=O) groups excluding carboxylic acids is 1. The Hall–Kier alpha value is -0.260. The fraction of sp³-hybridized carbons (Fsp3) is 0.833. The van der Waals surface area contributed by atoms with E-state index in [9.17, 15) is 22.4 Å². The van der Waals surface area contributed by atoms with Crippen LogP contribution in [0.3, 0.4) is 0 Å². The molecule has 0 aromatic carbocycles. The second kappa shape index (κ2) is 4.69. The van der Waals surface area contributed by atoms with Crippen LogP contribution in [0.4, 0.5) is 17.6 Å². The molecule has 1 unspecified atom stereocenters. The smallest absolute Gasteiger partial charge is 0.288 e. The summed E-state index contributed by atoms with van der Waals surface area (Å²) < 4.78 is 46.6. The predicted octanol–water partition coefficient (Wildman–Crippen LogP) is 2.56. The van der Waals surface area contributed by atoms with Crippen molar-refractivity contribution in [1.29, 1.82) is 0 Å². The third-order valence-corrected chi connectivity index (χ3v) is 1.88. The van der Waals surface area contributed by atoms with Gasteiger partial charge in [-0.3, -0.25) is 4.79 Å². The lowest BCUT2D eigenvalue weighted by Crippen LogP contribution is -2.24. The van der Waals surface area contributed by atoms with Crippen molar-refractivity contribution in [3.05, 3.63) is 0 Å². The zero-order valence-electron chi connectivity index (χ0n) is 6.32. The first-order chi connectivity index (χ1) is 5.34. The highest BCUT2D eigenvalue weighted by atomic mass is 32.2. The van der Waals surface area contributed by atoms with Crippen LogP contribution in [-0.2, 0) is 4.79 Å². The van der Waals surface area contributed by atoms with Gasteiger partial charge in [-0.15, -0.1) is 0 Å². The van der Waals surface area contributed by atoms with Gasteiger partial charge in [0.1, 0.15) is 0 Å². The highest BCUT2D eigenvalue weighted by Gasteiger charge is 2.39. The number of thioether (sulfide) groups is 1. The second-order valence-corrected chi connectivity index (χ2v) is 3.41. The molecule has 0 bridgehead atoms. The minimum absolute atomic E-state index is 0.129. The van der Waals surface area contributed by atoms with E-state index in [0.29, 0.717) is 11.8 Å². The maximum Gasteiger partial charge on any atom is 0.419 e. The van der Waals surface area contributed by atoms with Crippen LogP contribution in [0.25, 0.3) is 0 Å². The lowest BCUT2D eigenvalue weighted by atomic mass is 10.3. The standard InChI is InChI=1S/C6H8F4OS/c1-4(11)12-3-2-5(7)6(8,9)10/h5H,2-3H2,1H3. The average Bonchev–Trinajstić information content (AvgIpc) is 1.84. The molecule has 1 atom stereocenters. The quantitative estimate of drug-likeness (QED) is 0.657. The molecule has 0 heterocycles. The Kier molecular flexibility index (Phi) is 4.59. The van der Waals surface area contributed by atoms with Crippen LogP contribution in [-0.4, -0.2) is 23.2 Å². The Bertz CT molecular complexity index is 156. The van der Waals surface area contributed by atoms with Crippen molar-refractivity contribution in [1.82, 2.24) is 0 Å². The van der Waals surface area contributed by atoms with Gasteiger partial charge in [-0.2, -0.15) is 13.2 Å². The van der Waals surface area contributed by atoms with Gasteiger partial charge in [0.15, 0.2) is 11.3 Å². The SMILES string of the molecule is CC(=O)SCCC(F)C(F)(F)F. The summed E-state index contributed by atoms with van der Waals surface area (Å²) in [5, 5.41) is -0.302. The van der Waals surface area contributed by atoms with Gasteiger partial charge in [0.2, 0.25) is 0 Å². The van der Waals surface area contributed by atoms with Crippen LogP contribution in [0.1, 0.15) is 13.3 Å². The molecule has 0 saturated carbocycles. The van der Waals surface area contributed by atoms with Gasteiger partial charge in [0.25, 0.3) is 0 Å². The maximum atomic E-state index is 12.1. The van der Waals surface area contributed by atoms with E-state index < -0.39 is 18.8 Å². The van der Waals surface area contributed by atoms with Crippen molar-refractivity contribution in [3.63, 3.8) is 0 Å². The average molecular weight is 204 g/mol. The topological polar surface area (TPSA) is 17.1 Å². The summed E-state index contributed by atoms with van der Waals surface area (Å²) in [6, 6.07) is 0. The van der Waals surface area contributed by atoms with E-state index >= 15 is 0 Å². The highest BCUT2D eigenvalue weighted by molar-refractivity contribution is 8.13. The van der Waals surface area contributed by atoms with Gasteiger partial charge in [-0.05, 0) is 6.42 Å². The fourth-order valence-electron chi connectivity index (χ4n) is 0.470. The molecule has 0 aromatic heterocycles. The van der Waals surface area contributed by atoms with E-state index in [4.69, 9.17) is 0 Å². The van der Waals surface area contributed by atoms with Crippen molar-refractivity contribution in [2.45, 2.75) is 25.7 Å². The summed E-state index contributed by atoms with van der Waals surface area (Å²) >= 11 is 0.697. The van der Waals surface area contributed by atoms with Crippen LogP contribution in [0.2, 0.25) is 0 Å². The van der Waals surface area contributed by atoms with E-state index in [-0.39, 0.29) is 10.9 Å². The van der Waals surface area contributed by atoms with Crippen molar-refractivity contribution in [3.8, 4) is 0 Å². The van der Waals surface area contributed by atoms with E-state index in [1.165, 1.54) is 6.92 Å². The number of hydrogen-bond donors (Lipinski definition) is 0. The summed E-state index contributed by atoms with van der Waals surface area (Å²) in [7, 11) is 0. The van der Waals surface area contributed by atoms with E-state index in [0.717, 1.165) is 0 Å². The molecule has 1 nitrogen and oxygen atoms in total. The first-order valence-corrected chi connectivity index (χ1v) is 4.16. The minimum Gasteiger partial charge on any atom is -0.288 e. The normalized spacial score (nSPS) is 14.4. The third kappa shape index (κ3) is 5.40. The molecule has 0 aliphatic carbocycles. The Balaban J connectivity index is 3.58. The van der Waals surface area contributed by atoms with Crippen molar-refractivity contribution in [2.24, 2.45) is 0 Å². The minimum atomic E-state index is -4.79. The van der Waals surface area contributed by atoms with Crippen LogP contribution in [0.15, 0.2) is 0 Å². The lowest BCUT2D eigenvalue weighted by molar-refractivity contribution is -0.180. The van der Waals surface area contributed by atoms with E-state index in [1.54, 1.807) is 0 Å². The summed E-state index contributed by atoms with van der Waals surface area (Å²) in [4.78, 5) is 10.2. The van der Waals surface area contributed by atoms with Gasteiger partial charge in [0, 0.05) is 12.7 Å². The Morgan fingerprint density at radius 1 is 1.50 bits per heavy atom. The molecular weight excluding hydrogens is 196 g/mol. The molecule has 0 rings (SSSR count).